The number of carbonyl (C=O) groups is 1. The molecule has 0 unspecified atom stereocenters. The van der Waals surface area contributed by atoms with Crippen molar-refractivity contribution in [1.29, 1.82) is 0 Å². The van der Waals surface area contributed by atoms with Crippen molar-refractivity contribution in [3.8, 4) is 22.8 Å². The van der Waals surface area contributed by atoms with Crippen molar-refractivity contribution < 1.29 is 19.4 Å². The highest BCUT2D eigenvalue weighted by molar-refractivity contribution is 6.32. The van der Waals surface area contributed by atoms with Gasteiger partial charge in [0.05, 0.1) is 24.9 Å². The van der Waals surface area contributed by atoms with Gasteiger partial charge in [0.25, 0.3) is 0 Å². The number of likely N-dealkylation sites (N-methyl/N-ethyl adjacent to an activating group) is 1. The molecule has 0 fully saturated rings. The first kappa shape index (κ1) is 19.6. The molecule has 3 rings (SSSR count). The zero-order valence-corrected chi connectivity index (χ0v) is 16.5. The molecule has 0 spiro atoms. The Morgan fingerprint density at radius 1 is 1.29 bits per heavy atom. The summed E-state index contributed by atoms with van der Waals surface area (Å²) in [5, 5.41) is 11.5. The molecule has 2 N–H and O–H groups in total. The third kappa shape index (κ3) is 4.07. The minimum Gasteiger partial charge on any atom is -0.496 e. The Hall–Kier alpha value is -3.13. The van der Waals surface area contributed by atoms with Crippen molar-refractivity contribution in [3.63, 3.8) is 0 Å². The fraction of sp³-hybridized carbons (Fsp3) is 0.263. The van der Waals surface area contributed by atoms with E-state index in [0.29, 0.717) is 35.3 Å². The number of amides is 1. The molecule has 9 heteroatoms. The van der Waals surface area contributed by atoms with Gasteiger partial charge >= 0.3 is 6.09 Å². The van der Waals surface area contributed by atoms with Crippen LogP contribution in [0.5, 0.6) is 11.5 Å². The summed E-state index contributed by atoms with van der Waals surface area (Å²) in [6.07, 6.45) is 2.76. The van der Waals surface area contributed by atoms with Gasteiger partial charge in [-0.3, -0.25) is 0 Å². The van der Waals surface area contributed by atoms with Crippen LogP contribution in [-0.4, -0.2) is 54.9 Å². The molecular formula is C19H21ClN4O4. The van der Waals surface area contributed by atoms with Crippen LogP contribution < -0.4 is 19.7 Å². The molecule has 0 bridgehead atoms. The standard InChI is InChI=1S/C19H21ClN4O4/c1-23(7-5-21-19(25)26)12-4-6-24-11-15(22-18(24)8-12)13-9-14(20)17(28-3)10-16(13)27-2/h4,6,8-11,21H,5,7H2,1-3H3,(H,25,26). The van der Waals surface area contributed by atoms with E-state index in [4.69, 9.17) is 26.2 Å². The van der Waals surface area contributed by atoms with Gasteiger partial charge in [-0.05, 0) is 12.1 Å². The third-order valence-electron chi connectivity index (χ3n) is 4.36. The lowest BCUT2D eigenvalue weighted by molar-refractivity contribution is 0.195. The van der Waals surface area contributed by atoms with Crippen molar-refractivity contribution >= 4 is 29.0 Å². The molecule has 0 aliphatic heterocycles. The molecule has 28 heavy (non-hydrogen) atoms. The Balaban J connectivity index is 1.91. The number of fused-ring (bicyclic) bond motifs is 1. The van der Waals surface area contributed by atoms with Crippen molar-refractivity contribution in [1.82, 2.24) is 14.7 Å². The van der Waals surface area contributed by atoms with Gasteiger partial charge in [-0.2, -0.15) is 0 Å². The van der Waals surface area contributed by atoms with Gasteiger partial charge in [0, 0.05) is 55.9 Å². The molecule has 2 heterocycles. The van der Waals surface area contributed by atoms with E-state index in [1.165, 1.54) is 0 Å². The van der Waals surface area contributed by atoms with Crippen molar-refractivity contribution in [2.24, 2.45) is 0 Å². The molecular weight excluding hydrogens is 384 g/mol. The monoisotopic (exact) mass is 404 g/mol. The van der Waals surface area contributed by atoms with E-state index < -0.39 is 6.09 Å². The topological polar surface area (TPSA) is 88.3 Å². The number of hydrogen-bond acceptors (Lipinski definition) is 5. The van der Waals surface area contributed by atoms with Crippen molar-refractivity contribution in [2.45, 2.75) is 0 Å². The number of carboxylic acid groups (broad SMARTS) is 1. The average Bonchev–Trinajstić information content (AvgIpc) is 3.10. The number of benzene rings is 1. The Kier molecular flexibility index (Phi) is 5.79. The minimum absolute atomic E-state index is 0.332. The van der Waals surface area contributed by atoms with Gasteiger partial charge in [0.15, 0.2) is 0 Å². The summed E-state index contributed by atoms with van der Waals surface area (Å²) >= 11 is 6.28. The van der Waals surface area contributed by atoms with E-state index >= 15 is 0 Å². The highest BCUT2D eigenvalue weighted by atomic mass is 35.5. The fourth-order valence-corrected chi connectivity index (χ4v) is 3.10. The first-order valence-electron chi connectivity index (χ1n) is 8.51. The number of anilines is 1. The molecule has 1 aromatic carbocycles. The predicted molar refractivity (Wildman–Crippen MR) is 108 cm³/mol. The van der Waals surface area contributed by atoms with Crippen LogP contribution in [0.15, 0.2) is 36.7 Å². The number of hydrogen-bond donors (Lipinski definition) is 2. The van der Waals surface area contributed by atoms with E-state index in [2.05, 4.69) is 10.3 Å². The molecule has 3 aromatic rings. The van der Waals surface area contributed by atoms with Gasteiger partial charge < -0.3 is 29.2 Å². The smallest absolute Gasteiger partial charge is 0.404 e. The highest BCUT2D eigenvalue weighted by Crippen LogP contribution is 2.38. The minimum atomic E-state index is -1.03. The van der Waals surface area contributed by atoms with Crippen LogP contribution in [0.1, 0.15) is 0 Å². The zero-order valence-electron chi connectivity index (χ0n) is 15.8. The first-order valence-corrected chi connectivity index (χ1v) is 8.89. The normalized spacial score (nSPS) is 10.7. The lowest BCUT2D eigenvalue weighted by Crippen LogP contribution is -2.31. The summed E-state index contributed by atoms with van der Waals surface area (Å²) in [5.41, 5.74) is 3.16. The second-order valence-electron chi connectivity index (χ2n) is 6.12. The Morgan fingerprint density at radius 3 is 2.71 bits per heavy atom. The molecule has 0 aliphatic carbocycles. The van der Waals surface area contributed by atoms with Crippen LogP contribution in [-0.2, 0) is 0 Å². The van der Waals surface area contributed by atoms with Gasteiger partial charge in [-0.25, -0.2) is 9.78 Å². The van der Waals surface area contributed by atoms with Crippen molar-refractivity contribution in [3.05, 3.63) is 41.7 Å². The number of imidazole rings is 1. The summed E-state index contributed by atoms with van der Waals surface area (Å²) < 4.78 is 12.6. The number of nitrogens with one attached hydrogen (secondary N) is 1. The summed E-state index contributed by atoms with van der Waals surface area (Å²) in [6.45, 7) is 0.871. The first-order chi connectivity index (χ1) is 13.4. The van der Waals surface area contributed by atoms with E-state index in [1.54, 1.807) is 26.4 Å². The quantitative estimate of drug-likeness (QED) is 0.627. The van der Waals surface area contributed by atoms with E-state index in [0.717, 1.165) is 16.9 Å². The number of methoxy groups -OCH3 is 2. The maximum Gasteiger partial charge on any atom is 0.404 e. The van der Waals surface area contributed by atoms with Crippen LogP contribution in [0, 0.1) is 0 Å². The van der Waals surface area contributed by atoms with Gasteiger partial charge in [0.2, 0.25) is 0 Å². The predicted octanol–water partition coefficient (Wildman–Crippen LogP) is 3.38. The van der Waals surface area contributed by atoms with Gasteiger partial charge in [-0.1, -0.05) is 11.6 Å². The Labute approximate surface area is 167 Å². The summed E-state index contributed by atoms with van der Waals surface area (Å²) in [7, 11) is 5.03. The molecule has 0 saturated carbocycles. The molecule has 1 amide bonds. The fourth-order valence-electron chi connectivity index (χ4n) is 2.86. The maximum atomic E-state index is 10.6. The number of ether oxygens (including phenoxy) is 2. The van der Waals surface area contributed by atoms with Crippen LogP contribution in [0.3, 0.4) is 0 Å². The molecule has 0 saturated heterocycles. The number of nitrogens with zero attached hydrogens (tertiary/aromatic N) is 3. The SMILES string of the molecule is COc1cc(OC)c(-c2cn3ccc(N(C)CCNC(=O)O)cc3n2)cc1Cl. The molecule has 0 atom stereocenters. The number of halogens is 1. The zero-order chi connectivity index (χ0) is 20.3. The number of rotatable bonds is 7. The van der Waals surface area contributed by atoms with Gasteiger partial charge in [-0.15, -0.1) is 0 Å². The molecule has 8 nitrogen and oxygen atoms in total. The molecule has 0 radical (unpaired) electrons. The van der Waals surface area contributed by atoms with Crippen molar-refractivity contribution in [2.75, 3.05) is 39.3 Å². The summed E-state index contributed by atoms with van der Waals surface area (Å²) in [4.78, 5) is 17.2. The Morgan fingerprint density at radius 2 is 2.04 bits per heavy atom. The summed E-state index contributed by atoms with van der Waals surface area (Å²) in [6, 6.07) is 7.38. The van der Waals surface area contributed by atoms with Crippen LogP contribution in [0.25, 0.3) is 16.9 Å². The van der Waals surface area contributed by atoms with Crippen LogP contribution in [0.4, 0.5) is 10.5 Å². The third-order valence-corrected chi connectivity index (χ3v) is 4.65. The largest absolute Gasteiger partial charge is 0.496 e. The number of pyridine rings is 1. The lowest BCUT2D eigenvalue weighted by Gasteiger charge is -2.19. The molecule has 148 valence electrons. The molecule has 2 aromatic heterocycles. The van der Waals surface area contributed by atoms with E-state index in [-0.39, 0.29) is 0 Å². The van der Waals surface area contributed by atoms with E-state index in [9.17, 15) is 4.79 Å². The van der Waals surface area contributed by atoms with Crippen LogP contribution in [0.2, 0.25) is 5.02 Å². The molecule has 0 aliphatic rings. The second-order valence-corrected chi connectivity index (χ2v) is 6.52. The highest BCUT2D eigenvalue weighted by Gasteiger charge is 2.15. The van der Waals surface area contributed by atoms with Gasteiger partial charge in [0.1, 0.15) is 17.1 Å². The lowest BCUT2D eigenvalue weighted by atomic mass is 10.1. The summed E-state index contributed by atoms with van der Waals surface area (Å²) in [5.74, 6) is 1.15. The second kappa shape index (κ2) is 8.26. The maximum absolute atomic E-state index is 10.6. The average molecular weight is 405 g/mol. The Bertz CT molecular complexity index is 1010. The van der Waals surface area contributed by atoms with Crippen LogP contribution >= 0.6 is 11.6 Å². The number of aromatic nitrogens is 2. The van der Waals surface area contributed by atoms with E-state index in [1.807, 2.05) is 40.9 Å².